The normalized spacial score (nSPS) is 11.5. The lowest BCUT2D eigenvalue weighted by molar-refractivity contribution is 0.526. The molecule has 0 fully saturated rings. The molecule has 80 valence electrons. The van der Waals surface area contributed by atoms with Crippen molar-refractivity contribution in [2.45, 2.75) is 20.4 Å². The first kappa shape index (κ1) is 10.7. The quantitative estimate of drug-likeness (QED) is 0.770. The third-order valence-electron chi connectivity index (χ3n) is 2.38. The molecule has 0 unspecified atom stereocenters. The molecule has 0 saturated heterocycles. The molecule has 15 heavy (non-hydrogen) atoms. The van der Waals surface area contributed by atoms with Crippen LogP contribution in [0.2, 0.25) is 0 Å². The summed E-state index contributed by atoms with van der Waals surface area (Å²) >= 11 is 3.21. The SMILES string of the molecule is CC(C)Cn1ccc2ccc(Br)c(F)c21. The number of nitrogens with zero attached hydrogens (tertiary/aromatic N) is 1. The largest absolute Gasteiger partial charge is 0.345 e. The second-order valence-corrected chi connectivity index (χ2v) is 5.02. The van der Waals surface area contributed by atoms with Crippen LogP contribution in [0.15, 0.2) is 28.9 Å². The minimum absolute atomic E-state index is 0.168. The lowest BCUT2D eigenvalue weighted by atomic mass is 10.2. The number of aromatic nitrogens is 1. The van der Waals surface area contributed by atoms with Crippen molar-refractivity contribution >= 4 is 26.8 Å². The van der Waals surface area contributed by atoms with Gasteiger partial charge in [0, 0.05) is 18.1 Å². The molecule has 0 radical (unpaired) electrons. The van der Waals surface area contributed by atoms with E-state index in [2.05, 4.69) is 29.8 Å². The maximum Gasteiger partial charge on any atom is 0.161 e. The Morgan fingerprint density at radius 1 is 1.33 bits per heavy atom. The Kier molecular flexibility index (Phi) is 2.83. The fraction of sp³-hybridized carbons (Fsp3) is 0.333. The molecule has 1 nitrogen and oxygen atoms in total. The van der Waals surface area contributed by atoms with Gasteiger partial charge in [-0.2, -0.15) is 0 Å². The van der Waals surface area contributed by atoms with E-state index in [4.69, 9.17) is 0 Å². The lowest BCUT2D eigenvalue weighted by Crippen LogP contribution is -2.03. The van der Waals surface area contributed by atoms with E-state index in [1.54, 1.807) is 6.07 Å². The highest BCUT2D eigenvalue weighted by Gasteiger charge is 2.10. The number of hydrogen-bond acceptors (Lipinski definition) is 0. The van der Waals surface area contributed by atoms with Crippen LogP contribution in [0, 0.1) is 11.7 Å². The first-order chi connectivity index (χ1) is 7.09. The Morgan fingerprint density at radius 3 is 2.73 bits per heavy atom. The van der Waals surface area contributed by atoms with E-state index in [1.165, 1.54) is 0 Å². The Labute approximate surface area is 97.0 Å². The summed E-state index contributed by atoms with van der Waals surface area (Å²) in [6.07, 6.45) is 1.94. The average molecular weight is 270 g/mol. The number of benzene rings is 1. The Balaban J connectivity index is 2.61. The molecule has 1 heterocycles. The summed E-state index contributed by atoms with van der Waals surface area (Å²) < 4.78 is 16.4. The van der Waals surface area contributed by atoms with Crippen LogP contribution in [0.1, 0.15) is 13.8 Å². The molecule has 1 aromatic carbocycles. The van der Waals surface area contributed by atoms with Crippen molar-refractivity contribution in [3.8, 4) is 0 Å². The van der Waals surface area contributed by atoms with Crippen LogP contribution in [0.3, 0.4) is 0 Å². The smallest absolute Gasteiger partial charge is 0.161 e. The van der Waals surface area contributed by atoms with Gasteiger partial charge in [0.15, 0.2) is 5.82 Å². The van der Waals surface area contributed by atoms with E-state index in [0.717, 1.165) is 11.9 Å². The second-order valence-electron chi connectivity index (χ2n) is 4.16. The lowest BCUT2D eigenvalue weighted by Gasteiger charge is -2.09. The molecular weight excluding hydrogens is 257 g/mol. The molecule has 0 aliphatic rings. The van der Waals surface area contributed by atoms with Gasteiger partial charge in [-0.1, -0.05) is 19.9 Å². The van der Waals surface area contributed by atoms with Gasteiger partial charge >= 0.3 is 0 Å². The average Bonchev–Trinajstić information content (AvgIpc) is 2.55. The maximum atomic E-state index is 13.9. The van der Waals surface area contributed by atoms with Gasteiger partial charge in [-0.3, -0.25) is 0 Å². The molecule has 2 rings (SSSR count). The second kappa shape index (κ2) is 3.97. The van der Waals surface area contributed by atoms with E-state index >= 15 is 0 Å². The molecule has 0 atom stereocenters. The summed E-state index contributed by atoms with van der Waals surface area (Å²) in [4.78, 5) is 0. The molecular formula is C12H13BrFN. The molecule has 0 aliphatic heterocycles. The first-order valence-electron chi connectivity index (χ1n) is 5.02. The Morgan fingerprint density at radius 2 is 2.07 bits per heavy atom. The highest BCUT2D eigenvalue weighted by Crippen LogP contribution is 2.26. The summed E-state index contributed by atoms with van der Waals surface area (Å²) in [5.41, 5.74) is 0.693. The van der Waals surface area contributed by atoms with Crippen molar-refractivity contribution < 1.29 is 4.39 Å². The third-order valence-corrected chi connectivity index (χ3v) is 3.00. The third kappa shape index (κ3) is 1.93. The summed E-state index contributed by atoms with van der Waals surface area (Å²) in [6, 6.07) is 5.63. The van der Waals surface area contributed by atoms with Gasteiger partial charge in [-0.05, 0) is 34.0 Å². The van der Waals surface area contributed by atoms with Gasteiger partial charge < -0.3 is 4.57 Å². The highest BCUT2D eigenvalue weighted by molar-refractivity contribution is 9.10. The van der Waals surface area contributed by atoms with Gasteiger partial charge in [-0.25, -0.2) is 4.39 Å². The zero-order valence-corrected chi connectivity index (χ0v) is 10.4. The van der Waals surface area contributed by atoms with E-state index in [0.29, 0.717) is 15.9 Å². The standard InChI is InChI=1S/C12H13BrFN/c1-8(2)7-15-6-5-9-3-4-10(13)11(14)12(9)15/h3-6,8H,7H2,1-2H3. The minimum Gasteiger partial charge on any atom is -0.345 e. The maximum absolute atomic E-state index is 13.9. The number of rotatable bonds is 2. The van der Waals surface area contributed by atoms with Gasteiger partial charge in [0.1, 0.15) is 0 Å². The van der Waals surface area contributed by atoms with Crippen LogP contribution in [-0.4, -0.2) is 4.57 Å². The van der Waals surface area contributed by atoms with Crippen LogP contribution in [0.4, 0.5) is 4.39 Å². The highest BCUT2D eigenvalue weighted by atomic mass is 79.9. The van der Waals surface area contributed by atoms with Crippen molar-refractivity contribution in [2.75, 3.05) is 0 Å². The molecule has 0 saturated carbocycles. The Bertz CT molecular complexity index is 488. The fourth-order valence-corrected chi connectivity index (χ4v) is 2.09. The van der Waals surface area contributed by atoms with Crippen molar-refractivity contribution in [1.29, 1.82) is 0 Å². The molecule has 3 heteroatoms. The van der Waals surface area contributed by atoms with E-state index in [1.807, 2.05) is 22.9 Å². The summed E-state index contributed by atoms with van der Waals surface area (Å²) in [5.74, 6) is 0.345. The number of fused-ring (bicyclic) bond motifs is 1. The molecule has 0 N–H and O–H groups in total. The molecule has 0 amide bonds. The van der Waals surface area contributed by atoms with E-state index < -0.39 is 0 Å². The van der Waals surface area contributed by atoms with Crippen molar-refractivity contribution in [3.63, 3.8) is 0 Å². The predicted octanol–water partition coefficient (Wildman–Crippen LogP) is 4.20. The number of hydrogen-bond donors (Lipinski definition) is 0. The van der Waals surface area contributed by atoms with Crippen molar-refractivity contribution in [2.24, 2.45) is 5.92 Å². The van der Waals surface area contributed by atoms with Gasteiger partial charge in [0.2, 0.25) is 0 Å². The summed E-state index contributed by atoms with van der Waals surface area (Å²) in [5, 5.41) is 0.955. The molecule has 0 spiro atoms. The zero-order valence-electron chi connectivity index (χ0n) is 8.80. The Hall–Kier alpha value is -0.830. The molecule has 0 bridgehead atoms. The minimum atomic E-state index is -0.168. The first-order valence-corrected chi connectivity index (χ1v) is 5.81. The van der Waals surface area contributed by atoms with Crippen molar-refractivity contribution in [3.05, 3.63) is 34.7 Å². The van der Waals surface area contributed by atoms with Crippen molar-refractivity contribution in [1.82, 2.24) is 4.57 Å². The monoisotopic (exact) mass is 269 g/mol. The summed E-state index contributed by atoms with van der Waals surface area (Å²) in [7, 11) is 0. The molecule has 2 aromatic rings. The molecule has 1 aromatic heterocycles. The zero-order chi connectivity index (χ0) is 11.0. The van der Waals surface area contributed by atoms with Crippen LogP contribution in [0.25, 0.3) is 10.9 Å². The van der Waals surface area contributed by atoms with Crippen LogP contribution in [-0.2, 0) is 6.54 Å². The van der Waals surface area contributed by atoms with Crippen LogP contribution < -0.4 is 0 Å². The fourth-order valence-electron chi connectivity index (χ4n) is 1.77. The molecule has 0 aliphatic carbocycles. The predicted molar refractivity (Wildman–Crippen MR) is 64.4 cm³/mol. The van der Waals surface area contributed by atoms with Gasteiger partial charge in [0.05, 0.1) is 9.99 Å². The van der Waals surface area contributed by atoms with Crippen LogP contribution in [0.5, 0.6) is 0 Å². The van der Waals surface area contributed by atoms with Crippen LogP contribution >= 0.6 is 15.9 Å². The number of halogens is 2. The topological polar surface area (TPSA) is 4.93 Å². The van der Waals surface area contributed by atoms with Gasteiger partial charge in [-0.15, -0.1) is 0 Å². The van der Waals surface area contributed by atoms with Gasteiger partial charge in [0.25, 0.3) is 0 Å². The van der Waals surface area contributed by atoms with E-state index in [9.17, 15) is 4.39 Å². The van der Waals surface area contributed by atoms with E-state index in [-0.39, 0.29) is 5.82 Å². The summed E-state index contributed by atoms with van der Waals surface area (Å²) in [6.45, 7) is 5.10.